The van der Waals surface area contributed by atoms with Crippen LogP contribution in [0.1, 0.15) is 54.9 Å². The zero-order valence-electron chi connectivity index (χ0n) is 19.5. The van der Waals surface area contributed by atoms with Gasteiger partial charge in [0.15, 0.2) is 11.6 Å². The highest BCUT2D eigenvalue weighted by Gasteiger charge is 2.32. The number of amides is 1. The maximum absolute atomic E-state index is 13.9. The maximum Gasteiger partial charge on any atom is 0.254 e. The lowest BCUT2D eigenvalue weighted by Gasteiger charge is -2.33. The van der Waals surface area contributed by atoms with Gasteiger partial charge in [-0.05, 0) is 56.5 Å². The second-order valence-corrected chi connectivity index (χ2v) is 11.0. The summed E-state index contributed by atoms with van der Waals surface area (Å²) in [5.74, 6) is -1.66. The molecule has 0 aromatic heterocycles. The lowest BCUT2D eigenvalue weighted by atomic mass is 10.0. The molecule has 2 aliphatic heterocycles. The Hall–Kier alpha value is -2.52. The summed E-state index contributed by atoms with van der Waals surface area (Å²) in [5, 5.41) is 0. The Labute approximate surface area is 199 Å². The molecule has 0 N–H and O–H groups in total. The van der Waals surface area contributed by atoms with E-state index in [1.54, 1.807) is 24.0 Å². The molecule has 6 nitrogen and oxygen atoms in total. The molecule has 34 heavy (non-hydrogen) atoms. The lowest BCUT2D eigenvalue weighted by molar-refractivity contribution is 0.0587. The van der Waals surface area contributed by atoms with Crippen LogP contribution in [0.3, 0.4) is 0 Å². The number of hydrogen-bond acceptors (Lipinski definition) is 4. The highest BCUT2D eigenvalue weighted by molar-refractivity contribution is 7.89. The van der Waals surface area contributed by atoms with Crippen molar-refractivity contribution in [3.05, 3.63) is 59.2 Å². The van der Waals surface area contributed by atoms with Crippen molar-refractivity contribution in [3.63, 3.8) is 0 Å². The summed E-state index contributed by atoms with van der Waals surface area (Å²) < 4.78 is 60.7. The molecule has 1 unspecified atom stereocenters. The van der Waals surface area contributed by atoms with Crippen LogP contribution in [0.25, 0.3) is 0 Å². The summed E-state index contributed by atoms with van der Waals surface area (Å²) in [4.78, 5) is 15.1. The van der Waals surface area contributed by atoms with E-state index in [0.29, 0.717) is 43.6 Å². The number of piperidine rings is 2. The Morgan fingerprint density at radius 3 is 2.41 bits per heavy atom. The number of ether oxygens (including phenoxy) is 1. The van der Waals surface area contributed by atoms with E-state index >= 15 is 0 Å². The van der Waals surface area contributed by atoms with Crippen LogP contribution in [0.2, 0.25) is 0 Å². The molecule has 2 aromatic carbocycles. The molecule has 0 bridgehead atoms. The standard InChI is InChI=1S/C25H30F2N2O4S/c1-17-6-8-21(34(31,32)29-12-4-3-5-18(29)2)16-22(17)25(30)28-13-10-20(11-14-28)33-24-9-7-19(26)15-23(24)27/h6-9,15-16,18,20H,3-5,10-14H2,1-2H3. The van der Waals surface area contributed by atoms with Gasteiger partial charge in [-0.15, -0.1) is 0 Å². The Balaban J connectivity index is 1.45. The number of aryl methyl sites for hydroxylation is 1. The lowest BCUT2D eigenvalue weighted by Crippen LogP contribution is -2.43. The first-order valence-corrected chi connectivity index (χ1v) is 13.1. The highest BCUT2D eigenvalue weighted by Crippen LogP contribution is 2.28. The molecule has 0 spiro atoms. The first-order chi connectivity index (χ1) is 16.2. The monoisotopic (exact) mass is 492 g/mol. The second kappa shape index (κ2) is 10.00. The molecule has 2 saturated heterocycles. The van der Waals surface area contributed by atoms with Gasteiger partial charge in [0.1, 0.15) is 11.9 Å². The zero-order valence-corrected chi connectivity index (χ0v) is 20.3. The summed E-state index contributed by atoms with van der Waals surface area (Å²) in [6.07, 6.45) is 3.36. The summed E-state index contributed by atoms with van der Waals surface area (Å²) in [7, 11) is -3.68. The van der Waals surface area contributed by atoms with Gasteiger partial charge in [0.2, 0.25) is 10.0 Å². The smallest absolute Gasteiger partial charge is 0.254 e. The predicted octanol–water partition coefficient (Wildman–Crippen LogP) is 4.52. The van der Waals surface area contributed by atoms with E-state index in [2.05, 4.69) is 0 Å². The number of benzene rings is 2. The van der Waals surface area contributed by atoms with Crippen LogP contribution in [-0.4, -0.2) is 55.3 Å². The molecule has 1 atom stereocenters. The van der Waals surface area contributed by atoms with Gasteiger partial charge in [-0.1, -0.05) is 12.5 Å². The molecule has 0 saturated carbocycles. The van der Waals surface area contributed by atoms with E-state index in [9.17, 15) is 22.0 Å². The van der Waals surface area contributed by atoms with Gasteiger partial charge in [0.05, 0.1) is 4.90 Å². The largest absolute Gasteiger partial charge is 0.487 e. The minimum absolute atomic E-state index is 0.00753. The Morgan fingerprint density at radius 1 is 1.00 bits per heavy atom. The van der Waals surface area contributed by atoms with E-state index in [-0.39, 0.29) is 28.7 Å². The quantitative estimate of drug-likeness (QED) is 0.616. The van der Waals surface area contributed by atoms with Gasteiger partial charge >= 0.3 is 0 Å². The SMILES string of the molecule is Cc1ccc(S(=O)(=O)N2CCCCC2C)cc1C(=O)N1CCC(Oc2ccc(F)cc2F)CC1. The summed E-state index contributed by atoms with van der Waals surface area (Å²) in [5.41, 5.74) is 1.08. The van der Waals surface area contributed by atoms with Gasteiger partial charge in [0, 0.05) is 50.1 Å². The van der Waals surface area contributed by atoms with Crippen molar-refractivity contribution in [2.24, 2.45) is 0 Å². The molecule has 2 fully saturated rings. The van der Waals surface area contributed by atoms with Crippen LogP contribution >= 0.6 is 0 Å². The third-order valence-electron chi connectivity index (χ3n) is 6.70. The van der Waals surface area contributed by atoms with Crippen LogP contribution in [-0.2, 0) is 10.0 Å². The van der Waals surface area contributed by atoms with Crippen LogP contribution < -0.4 is 4.74 Å². The van der Waals surface area contributed by atoms with Crippen LogP contribution in [0.4, 0.5) is 8.78 Å². The summed E-state index contributed by atoms with van der Waals surface area (Å²) >= 11 is 0. The van der Waals surface area contributed by atoms with Crippen LogP contribution in [0.15, 0.2) is 41.3 Å². The number of halogens is 2. The minimum atomic E-state index is -3.68. The Morgan fingerprint density at radius 2 is 1.74 bits per heavy atom. The van der Waals surface area contributed by atoms with E-state index in [0.717, 1.165) is 31.4 Å². The number of sulfonamides is 1. The first kappa shape index (κ1) is 24.6. The average molecular weight is 493 g/mol. The molecule has 2 heterocycles. The molecule has 1 amide bonds. The highest BCUT2D eigenvalue weighted by atomic mass is 32.2. The van der Waals surface area contributed by atoms with Gasteiger partial charge in [-0.2, -0.15) is 4.31 Å². The summed E-state index contributed by atoms with van der Waals surface area (Å²) in [6.45, 7) is 4.99. The Kier molecular flexibility index (Phi) is 7.23. The van der Waals surface area contributed by atoms with Crippen molar-refractivity contribution < 1.29 is 26.7 Å². The van der Waals surface area contributed by atoms with Crippen molar-refractivity contribution in [1.29, 1.82) is 0 Å². The van der Waals surface area contributed by atoms with E-state index < -0.39 is 21.7 Å². The molecule has 4 rings (SSSR count). The fourth-order valence-electron chi connectivity index (χ4n) is 4.65. The molecule has 9 heteroatoms. The van der Waals surface area contributed by atoms with E-state index in [1.807, 2.05) is 6.92 Å². The maximum atomic E-state index is 13.9. The average Bonchev–Trinajstić information content (AvgIpc) is 2.81. The van der Waals surface area contributed by atoms with Gasteiger partial charge in [0.25, 0.3) is 5.91 Å². The third-order valence-corrected chi connectivity index (χ3v) is 8.71. The van der Waals surface area contributed by atoms with Crippen LogP contribution in [0.5, 0.6) is 5.75 Å². The molecule has 184 valence electrons. The summed E-state index contributed by atoms with van der Waals surface area (Å²) in [6, 6.07) is 7.87. The van der Waals surface area contributed by atoms with Crippen LogP contribution in [0, 0.1) is 18.6 Å². The molecular formula is C25H30F2N2O4S. The fourth-order valence-corrected chi connectivity index (χ4v) is 6.38. The molecule has 2 aromatic rings. The normalized spacial score (nSPS) is 20.4. The number of carbonyl (C=O) groups excluding carboxylic acids is 1. The zero-order chi connectivity index (χ0) is 24.5. The van der Waals surface area contributed by atoms with Crippen molar-refractivity contribution in [2.75, 3.05) is 19.6 Å². The number of rotatable bonds is 5. The van der Waals surface area contributed by atoms with Gasteiger partial charge < -0.3 is 9.64 Å². The number of carbonyl (C=O) groups is 1. The first-order valence-electron chi connectivity index (χ1n) is 11.7. The molecule has 0 aliphatic carbocycles. The molecule has 2 aliphatic rings. The van der Waals surface area contributed by atoms with E-state index in [1.165, 1.54) is 16.4 Å². The fraction of sp³-hybridized carbons (Fsp3) is 0.480. The number of likely N-dealkylation sites (tertiary alicyclic amines) is 1. The molecular weight excluding hydrogens is 462 g/mol. The van der Waals surface area contributed by atoms with Crippen molar-refractivity contribution in [1.82, 2.24) is 9.21 Å². The second-order valence-electron chi connectivity index (χ2n) is 9.12. The predicted molar refractivity (Wildman–Crippen MR) is 124 cm³/mol. The number of nitrogens with zero attached hydrogens (tertiary/aromatic N) is 2. The number of hydrogen-bond donors (Lipinski definition) is 0. The minimum Gasteiger partial charge on any atom is -0.487 e. The third kappa shape index (κ3) is 5.10. The van der Waals surface area contributed by atoms with Gasteiger partial charge in [-0.3, -0.25) is 4.79 Å². The Bertz CT molecular complexity index is 1160. The van der Waals surface area contributed by atoms with Crippen molar-refractivity contribution in [2.45, 2.75) is 63.0 Å². The topological polar surface area (TPSA) is 66.9 Å². The van der Waals surface area contributed by atoms with Gasteiger partial charge in [-0.25, -0.2) is 17.2 Å². The van der Waals surface area contributed by atoms with Crippen molar-refractivity contribution in [3.8, 4) is 5.75 Å². The van der Waals surface area contributed by atoms with Crippen molar-refractivity contribution >= 4 is 15.9 Å². The van der Waals surface area contributed by atoms with E-state index in [4.69, 9.17) is 4.74 Å². The molecule has 0 radical (unpaired) electrons.